The van der Waals surface area contributed by atoms with Gasteiger partial charge in [-0.05, 0) is 51.9 Å². The molecule has 1 aliphatic heterocycles. The number of hydrogen-bond donors (Lipinski definition) is 1. The molecular formula is C15H27NO3. The van der Waals surface area contributed by atoms with Crippen molar-refractivity contribution in [2.24, 2.45) is 5.41 Å². The second-order valence-electron chi connectivity index (χ2n) is 7.19. The smallest absolute Gasteiger partial charge is 0.410 e. The molecule has 2 fully saturated rings. The van der Waals surface area contributed by atoms with Gasteiger partial charge in [0.05, 0.1) is 12.6 Å². The first-order valence-electron chi connectivity index (χ1n) is 7.46. The van der Waals surface area contributed by atoms with Gasteiger partial charge in [0.2, 0.25) is 0 Å². The van der Waals surface area contributed by atoms with Gasteiger partial charge in [0, 0.05) is 6.54 Å². The van der Waals surface area contributed by atoms with E-state index in [1.54, 1.807) is 4.90 Å². The molecule has 1 unspecified atom stereocenters. The number of nitrogens with zero attached hydrogens (tertiary/aromatic N) is 1. The molecule has 110 valence electrons. The normalized spacial score (nSPS) is 26.7. The molecule has 1 amide bonds. The fraction of sp³-hybridized carbons (Fsp3) is 0.933. The van der Waals surface area contributed by atoms with Gasteiger partial charge < -0.3 is 14.7 Å². The van der Waals surface area contributed by atoms with Crippen molar-refractivity contribution in [2.75, 3.05) is 13.2 Å². The summed E-state index contributed by atoms with van der Waals surface area (Å²) in [7, 11) is 0. The van der Waals surface area contributed by atoms with Gasteiger partial charge in [0.25, 0.3) is 0 Å². The minimum atomic E-state index is -0.475. The second-order valence-corrected chi connectivity index (χ2v) is 7.19. The first kappa shape index (κ1) is 14.6. The van der Waals surface area contributed by atoms with Gasteiger partial charge >= 0.3 is 6.09 Å². The second kappa shape index (κ2) is 5.31. The standard InChI is InChI=1S/C15H27NO3/c1-14(2,3)19-13(18)16-11-15(7-4-5-8-15)9-6-12(16)10-17/h12,17H,4-11H2,1-3H3. The van der Waals surface area contributed by atoms with Crippen LogP contribution in [0.1, 0.15) is 59.3 Å². The molecule has 1 atom stereocenters. The van der Waals surface area contributed by atoms with Crippen LogP contribution in [0.2, 0.25) is 0 Å². The van der Waals surface area contributed by atoms with Gasteiger partial charge in [-0.2, -0.15) is 0 Å². The van der Waals surface area contributed by atoms with Crippen molar-refractivity contribution in [1.29, 1.82) is 0 Å². The zero-order valence-electron chi connectivity index (χ0n) is 12.4. The van der Waals surface area contributed by atoms with E-state index < -0.39 is 5.60 Å². The van der Waals surface area contributed by atoms with Crippen LogP contribution in [-0.4, -0.2) is 40.9 Å². The van der Waals surface area contributed by atoms with Crippen LogP contribution in [0, 0.1) is 5.41 Å². The molecule has 4 nitrogen and oxygen atoms in total. The number of aliphatic hydroxyl groups is 1. The number of likely N-dealkylation sites (tertiary alicyclic amines) is 1. The highest BCUT2D eigenvalue weighted by Crippen LogP contribution is 2.46. The molecule has 1 N–H and O–H groups in total. The average Bonchev–Trinajstić information content (AvgIpc) is 2.75. The summed E-state index contributed by atoms with van der Waals surface area (Å²) in [5.74, 6) is 0. The lowest BCUT2D eigenvalue weighted by Gasteiger charge is -2.45. The van der Waals surface area contributed by atoms with E-state index in [2.05, 4.69) is 0 Å². The number of ether oxygens (including phenoxy) is 1. The summed E-state index contributed by atoms with van der Waals surface area (Å²) in [6.45, 7) is 6.44. The Labute approximate surface area is 116 Å². The third-order valence-corrected chi connectivity index (χ3v) is 4.46. The molecule has 4 heteroatoms. The van der Waals surface area contributed by atoms with Crippen LogP contribution in [-0.2, 0) is 4.74 Å². The summed E-state index contributed by atoms with van der Waals surface area (Å²) >= 11 is 0. The quantitative estimate of drug-likeness (QED) is 0.796. The largest absolute Gasteiger partial charge is 0.444 e. The highest BCUT2D eigenvalue weighted by molar-refractivity contribution is 5.68. The highest BCUT2D eigenvalue weighted by atomic mass is 16.6. The Morgan fingerprint density at radius 2 is 1.95 bits per heavy atom. The van der Waals surface area contributed by atoms with Crippen LogP contribution in [0.15, 0.2) is 0 Å². The maximum Gasteiger partial charge on any atom is 0.410 e. The molecule has 1 saturated heterocycles. The number of hydrogen-bond acceptors (Lipinski definition) is 3. The van der Waals surface area contributed by atoms with E-state index >= 15 is 0 Å². The van der Waals surface area contributed by atoms with E-state index in [1.807, 2.05) is 20.8 Å². The Kier molecular flexibility index (Phi) is 4.09. The molecule has 1 spiro atoms. The molecule has 0 aromatic heterocycles. The minimum absolute atomic E-state index is 0.0370. The number of aliphatic hydroxyl groups excluding tert-OH is 1. The third kappa shape index (κ3) is 3.41. The Balaban J connectivity index is 2.07. The van der Waals surface area contributed by atoms with Gasteiger partial charge in [0.15, 0.2) is 0 Å². The van der Waals surface area contributed by atoms with E-state index in [4.69, 9.17) is 4.74 Å². The molecule has 1 aliphatic carbocycles. The van der Waals surface area contributed by atoms with Crippen LogP contribution in [0.25, 0.3) is 0 Å². The van der Waals surface area contributed by atoms with Gasteiger partial charge in [-0.1, -0.05) is 12.8 Å². The van der Waals surface area contributed by atoms with Gasteiger partial charge in [0.1, 0.15) is 5.60 Å². The van der Waals surface area contributed by atoms with Gasteiger partial charge in [-0.3, -0.25) is 0 Å². The molecule has 0 aromatic rings. The molecule has 1 saturated carbocycles. The zero-order chi connectivity index (χ0) is 14.1. The predicted octanol–water partition coefficient (Wildman–Crippen LogP) is 2.94. The monoisotopic (exact) mass is 269 g/mol. The number of piperidine rings is 1. The maximum absolute atomic E-state index is 12.3. The summed E-state index contributed by atoms with van der Waals surface area (Å²) < 4.78 is 5.49. The van der Waals surface area contributed by atoms with E-state index in [9.17, 15) is 9.90 Å². The number of carbonyl (C=O) groups is 1. The fourth-order valence-electron chi connectivity index (χ4n) is 3.46. The third-order valence-electron chi connectivity index (χ3n) is 4.46. The van der Waals surface area contributed by atoms with Crippen LogP contribution in [0.5, 0.6) is 0 Å². The van der Waals surface area contributed by atoms with E-state index in [0.717, 1.165) is 19.4 Å². The first-order chi connectivity index (χ1) is 8.85. The molecule has 1 heterocycles. The van der Waals surface area contributed by atoms with Gasteiger partial charge in [-0.25, -0.2) is 4.79 Å². The zero-order valence-corrected chi connectivity index (χ0v) is 12.4. The van der Waals surface area contributed by atoms with E-state index in [0.29, 0.717) is 5.41 Å². The molecule has 2 rings (SSSR count). The Morgan fingerprint density at radius 1 is 1.32 bits per heavy atom. The molecule has 0 radical (unpaired) electrons. The summed E-state index contributed by atoms with van der Waals surface area (Å²) in [5, 5.41) is 9.49. The SMILES string of the molecule is CC(C)(C)OC(=O)N1CC2(CCCC2)CCC1CO. The van der Waals surface area contributed by atoms with Crippen LogP contribution < -0.4 is 0 Å². The van der Waals surface area contributed by atoms with Crippen molar-refractivity contribution in [3.63, 3.8) is 0 Å². The summed E-state index contributed by atoms with van der Waals surface area (Å²) in [5.41, 5.74) is -0.181. The van der Waals surface area contributed by atoms with Crippen molar-refractivity contribution in [3.05, 3.63) is 0 Å². The fourth-order valence-corrected chi connectivity index (χ4v) is 3.46. The highest BCUT2D eigenvalue weighted by Gasteiger charge is 2.43. The van der Waals surface area contributed by atoms with Crippen LogP contribution in [0.4, 0.5) is 4.79 Å². The summed E-state index contributed by atoms with van der Waals surface area (Å²) in [6, 6.07) is -0.0684. The van der Waals surface area contributed by atoms with Crippen molar-refractivity contribution in [2.45, 2.75) is 70.9 Å². The van der Waals surface area contributed by atoms with E-state index in [1.165, 1.54) is 25.7 Å². The predicted molar refractivity (Wildman–Crippen MR) is 73.9 cm³/mol. The number of carbonyl (C=O) groups excluding carboxylic acids is 1. The summed E-state index contributed by atoms with van der Waals surface area (Å²) in [6.07, 6.45) is 6.73. The molecular weight excluding hydrogens is 242 g/mol. The lowest BCUT2D eigenvalue weighted by atomic mass is 9.76. The first-order valence-corrected chi connectivity index (χ1v) is 7.46. The lowest BCUT2D eigenvalue weighted by Crippen LogP contribution is -2.53. The van der Waals surface area contributed by atoms with Crippen molar-refractivity contribution < 1.29 is 14.6 Å². The van der Waals surface area contributed by atoms with Gasteiger partial charge in [-0.15, -0.1) is 0 Å². The van der Waals surface area contributed by atoms with Crippen LogP contribution >= 0.6 is 0 Å². The van der Waals surface area contributed by atoms with Crippen molar-refractivity contribution in [1.82, 2.24) is 4.90 Å². The Bertz CT molecular complexity index is 329. The topological polar surface area (TPSA) is 49.8 Å². The maximum atomic E-state index is 12.3. The number of amides is 1. The Morgan fingerprint density at radius 3 is 2.47 bits per heavy atom. The Hall–Kier alpha value is -0.770. The van der Waals surface area contributed by atoms with E-state index in [-0.39, 0.29) is 18.7 Å². The van der Waals surface area contributed by atoms with Crippen LogP contribution in [0.3, 0.4) is 0 Å². The minimum Gasteiger partial charge on any atom is -0.444 e. The molecule has 2 aliphatic rings. The number of rotatable bonds is 1. The lowest BCUT2D eigenvalue weighted by molar-refractivity contribution is -0.0226. The average molecular weight is 269 g/mol. The summed E-state index contributed by atoms with van der Waals surface area (Å²) in [4.78, 5) is 14.1. The molecule has 0 bridgehead atoms. The van der Waals surface area contributed by atoms with Crippen molar-refractivity contribution >= 4 is 6.09 Å². The molecule has 19 heavy (non-hydrogen) atoms. The van der Waals surface area contributed by atoms with Crippen molar-refractivity contribution in [3.8, 4) is 0 Å². The molecule has 0 aromatic carbocycles.